The first-order chi connectivity index (χ1) is 15.2. The fraction of sp³-hybridized carbons (Fsp3) is 0.542. The molecule has 0 aliphatic carbocycles. The van der Waals surface area contributed by atoms with E-state index in [9.17, 15) is 9.59 Å². The lowest BCUT2D eigenvalue weighted by molar-refractivity contribution is -0.117. The largest absolute Gasteiger partial charge is 0.492 e. The van der Waals surface area contributed by atoms with E-state index >= 15 is 0 Å². The summed E-state index contributed by atoms with van der Waals surface area (Å²) in [5.74, 6) is 1.48. The molecule has 4 rings (SSSR count). The molecule has 0 atom stereocenters. The lowest BCUT2D eigenvalue weighted by atomic mass is 10.0. The summed E-state index contributed by atoms with van der Waals surface area (Å²) in [5.41, 5.74) is 1.53. The van der Waals surface area contributed by atoms with Crippen molar-refractivity contribution < 1.29 is 19.1 Å². The summed E-state index contributed by atoms with van der Waals surface area (Å²) in [5, 5.41) is 0. The van der Waals surface area contributed by atoms with Crippen molar-refractivity contribution in [2.24, 2.45) is 4.99 Å². The Balaban J connectivity index is 1.33. The number of para-hydroxylation sites is 1. The summed E-state index contributed by atoms with van der Waals surface area (Å²) in [6.45, 7) is 6.51. The molecule has 0 radical (unpaired) electrons. The van der Waals surface area contributed by atoms with Gasteiger partial charge in [-0.3, -0.25) is 14.5 Å². The minimum atomic E-state index is 0.00457. The maximum atomic E-state index is 12.8. The number of hydrogen-bond donors (Lipinski definition) is 0. The zero-order valence-corrected chi connectivity index (χ0v) is 18.1. The number of carbonyl (C=O) groups excluding carboxylic acids is 2. The monoisotopic (exact) mass is 425 g/mol. The lowest BCUT2D eigenvalue weighted by Gasteiger charge is -2.30. The van der Waals surface area contributed by atoms with Crippen LogP contribution in [0.5, 0.6) is 5.75 Å². The zero-order valence-electron chi connectivity index (χ0n) is 18.1. The Kier molecular flexibility index (Phi) is 7.48. The Bertz CT molecular complexity index is 852. The quantitative estimate of drug-likeness (QED) is 0.604. The number of likely N-dealkylation sites (tertiary alicyclic amines) is 1. The highest BCUT2D eigenvalue weighted by Crippen LogP contribution is 2.21. The van der Waals surface area contributed by atoms with Crippen molar-refractivity contribution in [3.63, 3.8) is 0 Å². The molecule has 3 aliphatic rings. The van der Waals surface area contributed by atoms with Crippen LogP contribution in [0.1, 0.15) is 31.2 Å². The molecule has 7 nitrogen and oxygen atoms in total. The van der Waals surface area contributed by atoms with Gasteiger partial charge in [0.15, 0.2) is 5.78 Å². The van der Waals surface area contributed by atoms with Gasteiger partial charge in [-0.25, -0.2) is 4.99 Å². The number of ether oxygens (including phenoxy) is 2. The van der Waals surface area contributed by atoms with Gasteiger partial charge in [0.2, 0.25) is 0 Å². The van der Waals surface area contributed by atoms with Crippen LogP contribution in [0.4, 0.5) is 0 Å². The first-order valence-corrected chi connectivity index (χ1v) is 11.3. The van der Waals surface area contributed by atoms with Gasteiger partial charge in [-0.1, -0.05) is 18.2 Å². The van der Waals surface area contributed by atoms with E-state index < -0.39 is 0 Å². The molecule has 0 aromatic heterocycles. The third-order valence-corrected chi connectivity index (χ3v) is 5.90. The SMILES string of the molecule is O=C1C=C(N2CCOCC2)N=C(CC(=O)Cc2ccccc2OCCN2CCCC2)C1. The third-order valence-electron chi connectivity index (χ3n) is 5.90. The summed E-state index contributed by atoms with van der Waals surface area (Å²) in [4.78, 5) is 34.1. The summed E-state index contributed by atoms with van der Waals surface area (Å²) >= 11 is 0. The molecule has 31 heavy (non-hydrogen) atoms. The smallest absolute Gasteiger partial charge is 0.164 e. The molecule has 1 aromatic rings. The number of allylic oxidation sites excluding steroid dienone is 1. The van der Waals surface area contributed by atoms with E-state index in [-0.39, 0.29) is 30.8 Å². The van der Waals surface area contributed by atoms with Crippen LogP contribution < -0.4 is 4.74 Å². The van der Waals surface area contributed by atoms with Crippen LogP contribution in [0.3, 0.4) is 0 Å². The molecule has 2 fully saturated rings. The normalized spacial score (nSPS) is 19.9. The number of aliphatic imine (C=N–C) groups is 1. The van der Waals surface area contributed by atoms with Gasteiger partial charge in [-0.15, -0.1) is 0 Å². The first kappa shape index (κ1) is 21.7. The van der Waals surface area contributed by atoms with Gasteiger partial charge in [0.1, 0.15) is 24.0 Å². The molecule has 0 unspecified atom stereocenters. The zero-order chi connectivity index (χ0) is 21.5. The van der Waals surface area contributed by atoms with Crippen molar-refractivity contribution in [3.8, 4) is 5.75 Å². The second kappa shape index (κ2) is 10.7. The molecule has 0 spiro atoms. The van der Waals surface area contributed by atoms with Crippen LogP contribution >= 0.6 is 0 Å². The fourth-order valence-corrected chi connectivity index (χ4v) is 4.27. The van der Waals surface area contributed by atoms with E-state index in [0.717, 1.165) is 30.9 Å². The topological polar surface area (TPSA) is 71.4 Å². The number of hydrogen-bond acceptors (Lipinski definition) is 7. The summed E-state index contributed by atoms with van der Waals surface area (Å²) in [6, 6.07) is 7.73. The number of benzene rings is 1. The van der Waals surface area contributed by atoms with E-state index in [0.29, 0.717) is 44.4 Å². The van der Waals surface area contributed by atoms with Crippen LogP contribution in [0.2, 0.25) is 0 Å². The van der Waals surface area contributed by atoms with E-state index in [1.165, 1.54) is 12.8 Å². The number of Topliss-reactive ketones (excluding diaryl/α,β-unsaturated/α-hetero) is 1. The molecular formula is C24H31N3O4. The van der Waals surface area contributed by atoms with Crippen molar-refractivity contribution in [3.05, 3.63) is 41.7 Å². The van der Waals surface area contributed by atoms with Gasteiger partial charge >= 0.3 is 0 Å². The maximum Gasteiger partial charge on any atom is 0.164 e. The van der Waals surface area contributed by atoms with Crippen molar-refractivity contribution in [1.82, 2.24) is 9.80 Å². The predicted molar refractivity (Wildman–Crippen MR) is 118 cm³/mol. The van der Waals surface area contributed by atoms with E-state index in [1.807, 2.05) is 24.3 Å². The van der Waals surface area contributed by atoms with Gasteiger partial charge in [0.25, 0.3) is 0 Å². The fourth-order valence-electron chi connectivity index (χ4n) is 4.27. The Morgan fingerprint density at radius 1 is 1.06 bits per heavy atom. The molecule has 1 aromatic carbocycles. The van der Waals surface area contributed by atoms with E-state index in [2.05, 4.69) is 14.8 Å². The summed E-state index contributed by atoms with van der Waals surface area (Å²) in [6.07, 6.45) is 4.80. The number of nitrogens with zero attached hydrogens (tertiary/aromatic N) is 3. The van der Waals surface area contributed by atoms with Crippen LogP contribution in [0, 0.1) is 0 Å². The number of ketones is 2. The van der Waals surface area contributed by atoms with Gasteiger partial charge in [-0.05, 0) is 32.0 Å². The molecule has 0 saturated carbocycles. The number of morpholine rings is 1. The highest BCUT2D eigenvalue weighted by molar-refractivity contribution is 6.14. The minimum Gasteiger partial charge on any atom is -0.492 e. The number of rotatable bonds is 9. The average Bonchev–Trinajstić information content (AvgIpc) is 3.29. The van der Waals surface area contributed by atoms with E-state index in [1.54, 1.807) is 6.08 Å². The second-order valence-corrected chi connectivity index (χ2v) is 8.32. The molecule has 7 heteroatoms. The van der Waals surface area contributed by atoms with E-state index in [4.69, 9.17) is 9.47 Å². The Morgan fingerprint density at radius 2 is 1.84 bits per heavy atom. The molecule has 166 valence electrons. The molecule has 3 heterocycles. The molecule has 0 amide bonds. The number of carbonyl (C=O) groups is 2. The van der Waals surface area contributed by atoms with Crippen LogP contribution in [0.15, 0.2) is 41.2 Å². The predicted octanol–water partition coefficient (Wildman–Crippen LogP) is 2.25. The Labute approximate surface area is 183 Å². The lowest BCUT2D eigenvalue weighted by Crippen LogP contribution is -2.36. The highest BCUT2D eigenvalue weighted by Gasteiger charge is 2.22. The molecule has 0 bridgehead atoms. The molecule has 2 saturated heterocycles. The third kappa shape index (κ3) is 6.24. The van der Waals surface area contributed by atoms with Crippen LogP contribution in [-0.4, -0.2) is 79.6 Å². The standard InChI is InChI=1S/C24H31N3O4/c28-21(16-20-17-22(29)18-24(25-20)27-10-12-30-13-11-27)15-19-5-1-2-6-23(19)31-14-9-26-7-3-4-8-26/h1-2,5-6,18H,3-4,7-17H2. The minimum absolute atomic E-state index is 0.00457. The molecule has 3 aliphatic heterocycles. The molecular weight excluding hydrogens is 394 g/mol. The summed E-state index contributed by atoms with van der Waals surface area (Å²) in [7, 11) is 0. The first-order valence-electron chi connectivity index (χ1n) is 11.3. The summed E-state index contributed by atoms with van der Waals surface area (Å²) < 4.78 is 11.4. The Hall–Kier alpha value is -2.51. The van der Waals surface area contributed by atoms with Crippen LogP contribution in [0.25, 0.3) is 0 Å². The maximum absolute atomic E-state index is 12.8. The van der Waals surface area contributed by atoms with Crippen molar-refractivity contribution in [1.29, 1.82) is 0 Å². The van der Waals surface area contributed by atoms with Gasteiger partial charge < -0.3 is 14.4 Å². The van der Waals surface area contributed by atoms with Crippen molar-refractivity contribution in [2.45, 2.75) is 32.1 Å². The van der Waals surface area contributed by atoms with Gasteiger partial charge in [0.05, 0.1) is 13.2 Å². The molecule has 0 N–H and O–H groups in total. The van der Waals surface area contributed by atoms with Gasteiger partial charge in [-0.2, -0.15) is 0 Å². The van der Waals surface area contributed by atoms with Crippen molar-refractivity contribution in [2.75, 3.05) is 52.5 Å². The Morgan fingerprint density at radius 3 is 2.65 bits per heavy atom. The van der Waals surface area contributed by atoms with Crippen molar-refractivity contribution >= 4 is 17.3 Å². The second-order valence-electron chi connectivity index (χ2n) is 8.32. The highest BCUT2D eigenvalue weighted by atomic mass is 16.5. The average molecular weight is 426 g/mol. The van der Waals surface area contributed by atoms with Crippen LogP contribution in [-0.2, 0) is 20.7 Å². The van der Waals surface area contributed by atoms with Gasteiger partial charge in [0, 0.05) is 56.2 Å².